The summed E-state index contributed by atoms with van der Waals surface area (Å²) < 4.78 is 29.5. The second-order valence-electron chi connectivity index (χ2n) is 8.49. The van der Waals surface area contributed by atoms with Crippen LogP contribution < -0.4 is 5.73 Å². The largest absolute Gasteiger partial charge is 0.480 e. The molecule has 0 amide bonds. The first-order valence-corrected chi connectivity index (χ1v) is 10.9. The zero-order chi connectivity index (χ0) is 19.7. The van der Waals surface area contributed by atoms with Gasteiger partial charge in [0.05, 0.1) is 0 Å². The predicted octanol–water partition coefficient (Wildman–Crippen LogP) is -2.27. The number of nitrogens with two attached hydrogens (primary N) is 1. The van der Waals surface area contributed by atoms with Crippen LogP contribution in [0.25, 0.3) is 0 Å². The van der Waals surface area contributed by atoms with Crippen molar-refractivity contribution in [3.05, 3.63) is 0 Å². The van der Waals surface area contributed by atoms with Crippen LogP contribution in [0.5, 0.6) is 0 Å². The molecule has 0 aromatic rings. The van der Waals surface area contributed by atoms with E-state index in [1.165, 1.54) is 4.31 Å². The van der Waals surface area contributed by atoms with Gasteiger partial charge in [0.2, 0.25) is 0 Å². The van der Waals surface area contributed by atoms with Gasteiger partial charge in [0.15, 0.2) is 0 Å². The molecule has 4 aliphatic rings. The Morgan fingerprint density at radius 3 is 2.33 bits per heavy atom. The first-order chi connectivity index (χ1) is 12.6. The molecule has 2 aliphatic heterocycles. The number of piperazine rings is 1. The van der Waals surface area contributed by atoms with Crippen molar-refractivity contribution in [2.24, 2.45) is 11.7 Å². The van der Waals surface area contributed by atoms with Gasteiger partial charge in [-0.3, -0.25) is 9.69 Å². The lowest BCUT2D eigenvalue weighted by Crippen LogP contribution is -2.56. The number of rotatable bonds is 7. The van der Waals surface area contributed by atoms with Crippen molar-refractivity contribution in [1.82, 2.24) is 13.5 Å². The molecule has 4 fully saturated rings. The molecule has 152 valence electrons. The molecule has 12 heteroatoms. The zero-order valence-electron chi connectivity index (χ0n) is 15.3. The summed E-state index contributed by atoms with van der Waals surface area (Å²) in [4.78, 5) is 14.1. The number of hydrogen-bond acceptors (Lipinski definition) is 7. The van der Waals surface area contributed by atoms with E-state index in [2.05, 4.69) is 4.90 Å². The predicted molar refractivity (Wildman–Crippen MR) is 96.8 cm³/mol. The van der Waals surface area contributed by atoms with Crippen LogP contribution in [0.4, 0.5) is 0 Å². The molecule has 10 nitrogen and oxygen atoms in total. The highest BCUT2D eigenvalue weighted by molar-refractivity contribution is 7.86. The van der Waals surface area contributed by atoms with Crippen LogP contribution in [0, 0.1) is 5.92 Å². The Kier molecular flexibility index (Phi) is 4.62. The second-order valence-corrected chi connectivity index (χ2v) is 10.3. The van der Waals surface area contributed by atoms with Gasteiger partial charge in [0, 0.05) is 43.2 Å². The molecule has 2 saturated heterocycles. The van der Waals surface area contributed by atoms with Crippen LogP contribution in [0.1, 0.15) is 25.7 Å². The number of aliphatic carboxylic acids is 1. The van der Waals surface area contributed by atoms with E-state index >= 15 is 0 Å². The number of likely N-dealkylation sites (N-methyl/N-ethyl adjacent to an activating group) is 1. The fourth-order valence-corrected chi connectivity index (χ4v) is 7.08. The molecular formula is C15H27BN4O6S. The van der Waals surface area contributed by atoms with E-state index in [4.69, 9.17) is 15.8 Å². The van der Waals surface area contributed by atoms with Crippen molar-refractivity contribution >= 4 is 23.3 Å². The van der Waals surface area contributed by atoms with Gasteiger partial charge < -0.3 is 20.9 Å². The third-order valence-corrected chi connectivity index (χ3v) is 8.75. The SMILES string of the molecule is CN1[C@H]2C[C@H]2N(S(=O)(=O)N2C[C@H](CCCB(O)O)[C@](N)(C(=O)O)C2)[C@@H]2C[C@@H]21. The monoisotopic (exact) mass is 402 g/mol. The van der Waals surface area contributed by atoms with Gasteiger partial charge in [-0.25, -0.2) is 0 Å². The van der Waals surface area contributed by atoms with Crippen LogP contribution in [0.3, 0.4) is 0 Å². The lowest BCUT2D eigenvalue weighted by molar-refractivity contribution is -0.144. The summed E-state index contributed by atoms with van der Waals surface area (Å²) in [6, 6.07) is 0.471. The van der Waals surface area contributed by atoms with E-state index in [-0.39, 0.29) is 43.6 Å². The van der Waals surface area contributed by atoms with E-state index < -0.39 is 34.8 Å². The summed E-state index contributed by atoms with van der Waals surface area (Å²) >= 11 is 0. The smallest absolute Gasteiger partial charge is 0.451 e. The maximum absolute atomic E-state index is 13.3. The molecule has 0 radical (unpaired) electrons. The molecule has 6 atom stereocenters. The zero-order valence-corrected chi connectivity index (χ0v) is 16.1. The normalized spacial score (nSPS) is 41.9. The lowest BCUT2D eigenvalue weighted by Gasteiger charge is -2.33. The first kappa shape index (κ1) is 19.6. The Labute approximate surface area is 159 Å². The highest BCUT2D eigenvalue weighted by Crippen LogP contribution is 2.52. The van der Waals surface area contributed by atoms with Crippen LogP contribution in [-0.2, 0) is 15.0 Å². The van der Waals surface area contributed by atoms with Crippen molar-refractivity contribution in [2.45, 2.75) is 61.7 Å². The fraction of sp³-hybridized carbons (Fsp3) is 0.933. The summed E-state index contributed by atoms with van der Waals surface area (Å²) in [6.07, 6.45) is 2.44. The summed E-state index contributed by atoms with van der Waals surface area (Å²) in [5, 5.41) is 27.6. The van der Waals surface area contributed by atoms with E-state index in [0.717, 1.165) is 12.8 Å². The molecule has 2 saturated carbocycles. The Hall–Kier alpha value is -0.755. The van der Waals surface area contributed by atoms with Crippen LogP contribution in [-0.4, -0.2) is 100 Å². The van der Waals surface area contributed by atoms with Gasteiger partial charge in [0.1, 0.15) is 5.54 Å². The number of carboxylic acids is 1. The maximum atomic E-state index is 13.3. The van der Waals surface area contributed by atoms with Crippen molar-refractivity contribution in [3.63, 3.8) is 0 Å². The van der Waals surface area contributed by atoms with Crippen molar-refractivity contribution in [2.75, 3.05) is 20.1 Å². The number of hydrogen-bond donors (Lipinski definition) is 4. The second kappa shape index (κ2) is 6.38. The van der Waals surface area contributed by atoms with Gasteiger partial charge in [-0.2, -0.15) is 17.0 Å². The van der Waals surface area contributed by atoms with Crippen LogP contribution in [0.15, 0.2) is 0 Å². The van der Waals surface area contributed by atoms with Gasteiger partial charge >= 0.3 is 13.1 Å². The number of carboxylic acid groups (broad SMARTS) is 1. The molecule has 0 aromatic carbocycles. The van der Waals surface area contributed by atoms with Crippen molar-refractivity contribution in [3.8, 4) is 0 Å². The van der Waals surface area contributed by atoms with Gasteiger partial charge in [0.25, 0.3) is 10.2 Å². The maximum Gasteiger partial charge on any atom is 0.451 e. The van der Waals surface area contributed by atoms with Gasteiger partial charge in [-0.1, -0.05) is 6.42 Å². The Balaban J connectivity index is 1.51. The van der Waals surface area contributed by atoms with E-state index in [1.54, 1.807) is 4.31 Å². The van der Waals surface area contributed by atoms with Crippen LogP contribution >= 0.6 is 0 Å². The van der Waals surface area contributed by atoms with E-state index in [1.807, 2.05) is 7.05 Å². The van der Waals surface area contributed by atoms with Crippen molar-refractivity contribution in [1.29, 1.82) is 0 Å². The standard InChI is InChI=1S/C15H27BN4O6S/c1-18-10-5-12(10)20(13-6-11(13)18)27(25,26)19-7-9(3-2-4-16(23)24)15(17,8-19)14(21)22/h9-13,23-24H,2-8,17H2,1H3,(H,21,22)/t9-,10-,11-,12+,13+,15-/m0/s1. The summed E-state index contributed by atoms with van der Waals surface area (Å²) in [7, 11) is -3.21. The molecule has 2 heterocycles. The minimum absolute atomic E-state index is 0.0238. The minimum atomic E-state index is -3.78. The molecule has 0 aromatic heterocycles. The van der Waals surface area contributed by atoms with Gasteiger partial charge in [-0.05, 0) is 32.6 Å². The van der Waals surface area contributed by atoms with Gasteiger partial charge in [-0.15, -0.1) is 0 Å². The number of carbonyl (C=O) groups is 1. The summed E-state index contributed by atoms with van der Waals surface area (Å²) in [5.74, 6) is -1.79. The molecule has 0 unspecified atom stereocenters. The Morgan fingerprint density at radius 1 is 1.22 bits per heavy atom. The minimum Gasteiger partial charge on any atom is -0.480 e. The Bertz CT molecular complexity index is 720. The third kappa shape index (κ3) is 3.11. The number of fused-ring (bicyclic) bond motifs is 2. The molecule has 0 spiro atoms. The molecule has 4 rings (SSSR count). The Morgan fingerprint density at radius 2 is 1.81 bits per heavy atom. The van der Waals surface area contributed by atoms with E-state index in [0.29, 0.717) is 12.8 Å². The first-order valence-electron chi connectivity index (χ1n) is 9.46. The van der Waals surface area contributed by atoms with Crippen molar-refractivity contribution < 1.29 is 28.4 Å². The summed E-state index contributed by atoms with van der Waals surface area (Å²) in [5.41, 5.74) is 4.47. The highest BCUT2D eigenvalue weighted by Gasteiger charge is 2.67. The molecule has 27 heavy (non-hydrogen) atoms. The topological polar surface area (TPSA) is 148 Å². The summed E-state index contributed by atoms with van der Waals surface area (Å²) in [6.45, 7) is -0.202. The quantitative estimate of drug-likeness (QED) is 0.349. The fourth-order valence-electron chi connectivity index (χ4n) is 4.94. The average Bonchev–Trinajstić information content (AvgIpc) is 3.47. The molecule has 5 N–H and O–H groups in total. The molecule has 0 bridgehead atoms. The third-order valence-electron chi connectivity index (χ3n) is 6.74. The molecule has 2 aliphatic carbocycles. The van der Waals surface area contributed by atoms with E-state index in [9.17, 15) is 18.3 Å². The van der Waals surface area contributed by atoms with Crippen LogP contribution in [0.2, 0.25) is 6.32 Å². The highest BCUT2D eigenvalue weighted by atomic mass is 32.2. The average molecular weight is 402 g/mol. The molecular weight excluding hydrogens is 375 g/mol. The lowest BCUT2D eigenvalue weighted by atomic mass is 9.78. The number of nitrogens with zero attached hydrogens (tertiary/aromatic N) is 3.